The van der Waals surface area contributed by atoms with Crippen molar-refractivity contribution in [1.29, 1.82) is 0 Å². The largest absolute Gasteiger partial charge is 0.495 e. The molecule has 0 aliphatic carbocycles. The number of nitrogens with one attached hydrogen (secondary N) is 1. The van der Waals surface area contributed by atoms with Gasteiger partial charge in [-0.2, -0.15) is 0 Å². The maximum absolute atomic E-state index is 13.7. The van der Waals surface area contributed by atoms with E-state index in [2.05, 4.69) is 21.2 Å². The number of ether oxygens (including phenoxy) is 1. The van der Waals surface area contributed by atoms with Crippen molar-refractivity contribution in [2.45, 2.75) is 6.04 Å². The van der Waals surface area contributed by atoms with Crippen LogP contribution in [0.4, 0.5) is 4.39 Å². The first-order chi connectivity index (χ1) is 9.97. The Hall–Kier alpha value is -0.810. The second-order valence-electron chi connectivity index (χ2n) is 4.41. The van der Waals surface area contributed by atoms with E-state index in [-0.39, 0.29) is 11.1 Å². The van der Waals surface area contributed by atoms with Gasteiger partial charge in [-0.05, 0) is 52.8 Å². The molecule has 0 aromatic heterocycles. The Morgan fingerprint density at radius 2 is 1.95 bits per heavy atom. The zero-order valence-electron chi connectivity index (χ0n) is 11.4. The van der Waals surface area contributed by atoms with Gasteiger partial charge in [0.2, 0.25) is 0 Å². The molecule has 0 fully saturated rings. The zero-order valence-corrected chi connectivity index (χ0v) is 14.5. The normalized spacial score (nSPS) is 12.3. The average molecular weight is 393 g/mol. The summed E-state index contributed by atoms with van der Waals surface area (Å²) in [6.07, 6.45) is 0. The predicted octanol–water partition coefficient (Wildman–Crippen LogP) is 5.21. The monoisotopic (exact) mass is 391 g/mol. The highest BCUT2D eigenvalue weighted by Crippen LogP contribution is 2.38. The SMILES string of the molecule is CNC(c1ccc(Cl)c(F)c1)c1cc(Cl)cc(Br)c1OC. The van der Waals surface area contributed by atoms with Crippen LogP contribution in [0.2, 0.25) is 10.0 Å². The van der Waals surface area contributed by atoms with E-state index in [4.69, 9.17) is 27.9 Å². The second-order valence-corrected chi connectivity index (χ2v) is 6.10. The van der Waals surface area contributed by atoms with Gasteiger partial charge >= 0.3 is 0 Å². The minimum absolute atomic E-state index is 0.0906. The summed E-state index contributed by atoms with van der Waals surface area (Å²) in [6.45, 7) is 0. The summed E-state index contributed by atoms with van der Waals surface area (Å²) in [5.41, 5.74) is 1.54. The van der Waals surface area contributed by atoms with Crippen molar-refractivity contribution in [3.63, 3.8) is 0 Å². The van der Waals surface area contributed by atoms with Crippen LogP contribution in [-0.4, -0.2) is 14.2 Å². The number of methoxy groups -OCH3 is 1. The van der Waals surface area contributed by atoms with Gasteiger partial charge in [0.05, 0.1) is 22.6 Å². The highest BCUT2D eigenvalue weighted by Gasteiger charge is 2.20. The van der Waals surface area contributed by atoms with Gasteiger partial charge in [-0.3, -0.25) is 0 Å². The molecule has 0 saturated heterocycles. The number of rotatable bonds is 4. The molecule has 1 unspecified atom stereocenters. The molecule has 112 valence electrons. The fourth-order valence-corrected chi connectivity index (χ4v) is 3.32. The van der Waals surface area contributed by atoms with Crippen molar-refractivity contribution < 1.29 is 9.13 Å². The molecule has 2 nitrogen and oxygen atoms in total. The Labute approximate surface area is 141 Å². The van der Waals surface area contributed by atoms with Gasteiger partial charge in [-0.15, -0.1) is 0 Å². The summed E-state index contributed by atoms with van der Waals surface area (Å²) >= 11 is 15.3. The Morgan fingerprint density at radius 3 is 2.52 bits per heavy atom. The minimum Gasteiger partial charge on any atom is -0.495 e. The highest BCUT2D eigenvalue weighted by atomic mass is 79.9. The molecule has 0 radical (unpaired) electrons. The van der Waals surface area contributed by atoms with E-state index in [0.717, 1.165) is 15.6 Å². The Morgan fingerprint density at radius 1 is 1.24 bits per heavy atom. The molecule has 0 amide bonds. The van der Waals surface area contributed by atoms with Gasteiger partial charge in [0.1, 0.15) is 11.6 Å². The molecule has 1 N–H and O–H groups in total. The highest BCUT2D eigenvalue weighted by molar-refractivity contribution is 9.10. The third-order valence-corrected chi connectivity index (χ3v) is 4.23. The van der Waals surface area contributed by atoms with Crippen molar-refractivity contribution in [1.82, 2.24) is 5.32 Å². The summed E-state index contributed by atoms with van der Waals surface area (Å²) in [4.78, 5) is 0. The van der Waals surface area contributed by atoms with Crippen LogP contribution in [0.3, 0.4) is 0 Å². The maximum Gasteiger partial charge on any atom is 0.142 e. The Bertz CT molecular complexity index is 666. The average Bonchev–Trinajstić information content (AvgIpc) is 2.43. The van der Waals surface area contributed by atoms with Gasteiger partial charge in [0.15, 0.2) is 0 Å². The molecule has 1 atom stereocenters. The lowest BCUT2D eigenvalue weighted by Gasteiger charge is -2.21. The van der Waals surface area contributed by atoms with Crippen LogP contribution in [0.15, 0.2) is 34.8 Å². The summed E-state index contributed by atoms with van der Waals surface area (Å²) in [7, 11) is 3.36. The minimum atomic E-state index is -0.463. The Kier molecular flexibility index (Phi) is 5.49. The van der Waals surface area contributed by atoms with Gasteiger partial charge < -0.3 is 10.1 Å². The molecule has 0 saturated carbocycles. The molecular formula is C15H13BrCl2FNO. The van der Waals surface area contributed by atoms with E-state index in [9.17, 15) is 4.39 Å². The van der Waals surface area contributed by atoms with Crippen LogP contribution >= 0.6 is 39.1 Å². The van der Waals surface area contributed by atoms with Crippen molar-refractivity contribution >= 4 is 39.1 Å². The Balaban J connectivity index is 2.58. The smallest absolute Gasteiger partial charge is 0.142 e. The van der Waals surface area contributed by atoms with Gasteiger partial charge in [-0.1, -0.05) is 29.3 Å². The molecule has 2 rings (SSSR count). The van der Waals surface area contributed by atoms with E-state index in [1.807, 2.05) is 0 Å². The first kappa shape index (κ1) is 16.6. The quantitative estimate of drug-likeness (QED) is 0.770. The number of hydrogen-bond acceptors (Lipinski definition) is 2. The zero-order chi connectivity index (χ0) is 15.6. The molecule has 0 spiro atoms. The lowest BCUT2D eigenvalue weighted by atomic mass is 9.98. The van der Waals surface area contributed by atoms with Crippen LogP contribution in [0.1, 0.15) is 17.2 Å². The van der Waals surface area contributed by atoms with Crippen molar-refractivity contribution in [3.05, 3.63) is 61.8 Å². The fraction of sp³-hybridized carbons (Fsp3) is 0.200. The standard InChI is InChI=1S/C15H13BrCl2FNO/c1-20-14(8-3-4-12(18)13(19)5-8)10-6-9(17)7-11(16)15(10)21-2/h3-7,14,20H,1-2H3. The first-order valence-corrected chi connectivity index (χ1v) is 7.68. The lowest BCUT2D eigenvalue weighted by Crippen LogP contribution is -2.19. The third kappa shape index (κ3) is 3.51. The van der Waals surface area contributed by atoms with E-state index < -0.39 is 5.82 Å². The topological polar surface area (TPSA) is 21.3 Å². The maximum atomic E-state index is 13.7. The molecule has 2 aromatic rings. The molecule has 0 heterocycles. The van der Waals surface area contributed by atoms with E-state index in [0.29, 0.717) is 10.8 Å². The number of halogens is 4. The van der Waals surface area contributed by atoms with Gasteiger partial charge in [0, 0.05) is 10.6 Å². The van der Waals surface area contributed by atoms with Gasteiger partial charge in [-0.25, -0.2) is 4.39 Å². The number of hydrogen-bond donors (Lipinski definition) is 1. The van der Waals surface area contributed by atoms with Crippen LogP contribution < -0.4 is 10.1 Å². The molecule has 6 heteroatoms. The molecule has 0 aliphatic heterocycles. The van der Waals surface area contributed by atoms with E-state index >= 15 is 0 Å². The number of benzene rings is 2. The second kappa shape index (κ2) is 6.97. The fourth-order valence-electron chi connectivity index (χ4n) is 2.20. The van der Waals surface area contributed by atoms with Crippen molar-refractivity contribution in [2.75, 3.05) is 14.2 Å². The van der Waals surface area contributed by atoms with E-state index in [1.54, 1.807) is 32.4 Å². The summed E-state index contributed by atoms with van der Waals surface area (Å²) in [6, 6.07) is 7.96. The van der Waals surface area contributed by atoms with Crippen molar-refractivity contribution in [2.24, 2.45) is 0 Å². The summed E-state index contributed by atoms with van der Waals surface area (Å²) < 4.78 is 19.9. The van der Waals surface area contributed by atoms with Crippen molar-refractivity contribution in [3.8, 4) is 5.75 Å². The third-order valence-electron chi connectivity index (χ3n) is 3.12. The lowest BCUT2D eigenvalue weighted by molar-refractivity contribution is 0.402. The van der Waals surface area contributed by atoms with Crippen LogP contribution in [-0.2, 0) is 0 Å². The predicted molar refractivity (Wildman–Crippen MR) is 88.0 cm³/mol. The summed E-state index contributed by atoms with van der Waals surface area (Å²) in [5, 5.41) is 3.79. The van der Waals surface area contributed by atoms with Crippen LogP contribution in [0.5, 0.6) is 5.75 Å². The van der Waals surface area contributed by atoms with Crippen LogP contribution in [0.25, 0.3) is 0 Å². The first-order valence-electron chi connectivity index (χ1n) is 6.13. The van der Waals surface area contributed by atoms with E-state index in [1.165, 1.54) is 12.1 Å². The molecule has 2 aromatic carbocycles. The van der Waals surface area contributed by atoms with Gasteiger partial charge in [0.25, 0.3) is 0 Å². The molecule has 0 aliphatic rings. The molecule has 21 heavy (non-hydrogen) atoms. The molecule has 0 bridgehead atoms. The summed E-state index contributed by atoms with van der Waals surface area (Å²) in [5.74, 6) is 0.184. The van der Waals surface area contributed by atoms with Crippen LogP contribution in [0, 0.1) is 5.82 Å². The molecular weight excluding hydrogens is 380 g/mol.